The summed E-state index contributed by atoms with van der Waals surface area (Å²) in [6.07, 6.45) is 2.18. The molecule has 1 atom stereocenters. The van der Waals surface area contributed by atoms with Gasteiger partial charge in [-0.05, 0) is 36.1 Å². The van der Waals surface area contributed by atoms with E-state index in [9.17, 15) is 9.59 Å². The molecule has 1 fully saturated rings. The zero-order chi connectivity index (χ0) is 22.3. The lowest BCUT2D eigenvalue weighted by Gasteiger charge is -2.22. The van der Waals surface area contributed by atoms with Crippen molar-refractivity contribution in [2.24, 2.45) is 5.16 Å². The van der Waals surface area contributed by atoms with Gasteiger partial charge in [-0.15, -0.1) is 0 Å². The molecule has 0 aliphatic carbocycles. The first kappa shape index (κ1) is 21.9. The largest absolute Gasteiger partial charge is 0.497 e. The summed E-state index contributed by atoms with van der Waals surface area (Å²) >= 11 is 0. The number of methoxy groups -OCH3 is 1. The van der Waals surface area contributed by atoms with E-state index < -0.39 is 0 Å². The lowest BCUT2D eigenvalue weighted by Crippen LogP contribution is -2.40. The van der Waals surface area contributed by atoms with Gasteiger partial charge in [0.05, 0.1) is 7.11 Å². The Hall–Kier alpha value is -3.35. The molecule has 2 amide bonds. The van der Waals surface area contributed by atoms with Crippen molar-refractivity contribution < 1.29 is 19.2 Å². The first-order valence-electron chi connectivity index (χ1n) is 11.1. The van der Waals surface area contributed by atoms with Gasteiger partial charge in [0.25, 0.3) is 5.91 Å². The Morgan fingerprint density at radius 1 is 1.00 bits per heavy atom. The van der Waals surface area contributed by atoms with Crippen LogP contribution in [0.25, 0.3) is 0 Å². The molecule has 7 heteroatoms. The standard InChI is InChI=1S/C25H29N3O4/c1-31-21-11-8-19(9-12-21)10-13-24(29)27-14-5-15-28(17-16-27)25(30)22-18-23(32-26-22)20-6-3-2-4-7-20/h2-4,6-9,11-12,23H,5,10,13-18H2,1H3. The maximum Gasteiger partial charge on any atom is 0.271 e. The quantitative estimate of drug-likeness (QED) is 0.699. The van der Waals surface area contributed by atoms with Crippen LogP contribution >= 0.6 is 0 Å². The number of oxime groups is 1. The van der Waals surface area contributed by atoms with E-state index in [1.165, 1.54) is 0 Å². The molecule has 0 bridgehead atoms. The Labute approximate surface area is 188 Å². The smallest absolute Gasteiger partial charge is 0.271 e. The molecule has 0 saturated carbocycles. The summed E-state index contributed by atoms with van der Waals surface area (Å²) in [5.74, 6) is 0.849. The Kier molecular flexibility index (Phi) is 7.04. The van der Waals surface area contributed by atoms with Crippen LogP contribution < -0.4 is 4.74 Å². The molecule has 1 unspecified atom stereocenters. The summed E-state index contributed by atoms with van der Waals surface area (Å²) in [7, 11) is 1.64. The predicted octanol–water partition coefficient (Wildman–Crippen LogP) is 3.21. The number of ether oxygens (including phenoxy) is 1. The SMILES string of the molecule is COc1ccc(CCC(=O)N2CCCN(C(=O)C3=NOC(c4ccccc4)C3)CC2)cc1. The first-order chi connectivity index (χ1) is 15.6. The molecular formula is C25H29N3O4. The van der Waals surface area contributed by atoms with Crippen LogP contribution in [0.3, 0.4) is 0 Å². The molecule has 0 aromatic heterocycles. The van der Waals surface area contributed by atoms with Crippen molar-refractivity contribution in [2.45, 2.75) is 31.8 Å². The third kappa shape index (κ3) is 5.28. The van der Waals surface area contributed by atoms with E-state index in [0.717, 1.165) is 23.3 Å². The third-order valence-electron chi connectivity index (χ3n) is 6.01. The number of nitrogens with zero attached hydrogens (tertiary/aromatic N) is 3. The van der Waals surface area contributed by atoms with Crippen molar-refractivity contribution in [3.63, 3.8) is 0 Å². The van der Waals surface area contributed by atoms with Crippen LogP contribution in [0.1, 0.15) is 36.5 Å². The van der Waals surface area contributed by atoms with Crippen molar-refractivity contribution in [1.82, 2.24) is 9.80 Å². The van der Waals surface area contributed by atoms with Crippen molar-refractivity contribution in [2.75, 3.05) is 33.3 Å². The highest BCUT2D eigenvalue weighted by atomic mass is 16.6. The molecule has 2 aliphatic rings. The zero-order valence-electron chi connectivity index (χ0n) is 18.4. The van der Waals surface area contributed by atoms with Gasteiger partial charge in [-0.25, -0.2) is 0 Å². The van der Waals surface area contributed by atoms with Gasteiger partial charge < -0.3 is 19.4 Å². The van der Waals surface area contributed by atoms with Gasteiger partial charge >= 0.3 is 0 Å². The number of aryl methyl sites for hydroxylation is 1. The minimum atomic E-state index is -0.210. The summed E-state index contributed by atoms with van der Waals surface area (Å²) in [5.41, 5.74) is 2.58. The average molecular weight is 436 g/mol. The molecule has 32 heavy (non-hydrogen) atoms. The summed E-state index contributed by atoms with van der Waals surface area (Å²) < 4.78 is 5.17. The van der Waals surface area contributed by atoms with Crippen molar-refractivity contribution >= 4 is 17.5 Å². The lowest BCUT2D eigenvalue weighted by molar-refractivity contribution is -0.131. The van der Waals surface area contributed by atoms with Crippen LogP contribution in [-0.2, 0) is 20.8 Å². The zero-order valence-corrected chi connectivity index (χ0v) is 18.4. The van der Waals surface area contributed by atoms with E-state index >= 15 is 0 Å². The molecule has 2 heterocycles. The minimum Gasteiger partial charge on any atom is -0.497 e. The van der Waals surface area contributed by atoms with Gasteiger partial charge in [0.1, 0.15) is 11.5 Å². The number of carbonyl (C=O) groups is 2. The van der Waals surface area contributed by atoms with Crippen LogP contribution in [0.2, 0.25) is 0 Å². The molecule has 0 spiro atoms. The predicted molar refractivity (Wildman–Crippen MR) is 121 cm³/mol. The molecule has 2 aliphatic heterocycles. The van der Waals surface area contributed by atoms with Gasteiger partial charge in [0.15, 0.2) is 6.10 Å². The highest BCUT2D eigenvalue weighted by molar-refractivity contribution is 6.39. The normalized spacial score (nSPS) is 18.5. The maximum absolute atomic E-state index is 13.0. The number of amides is 2. The van der Waals surface area contributed by atoms with Crippen molar-refractivity contribution in [3.05, 3.63) is 65.7 Å². The summed E-state index contributed by atoms with van der Waals surface area (Å²) in [5, 5.41) is 4.06. The number of carbonyl (C=O) groups excluding carboxylic acids is 2. The summed E-state index contributed by atoms with van der Waals surface area (Å²) in [6.45, 7) is 2.35. The Balaban J connectivity index is 1.26. The molecule has 0 radical (unpaired) electrons. The van der Waals surface area contributed by atoms with Gasteiger partial charge in [0.2, 0.25) is 5.91 Å². The number of rotatable bonds is 6. The van der Waals surface area contributed by atoms with Crippen LogP contribution in [0.5, 0.6) is 5.75 Å². The molecule has 2 aromatic carbocycles. The average Bonchev–Trinajstić information content (AvgIpc) is 3.21. The van der Waals surface area contributed by atoms with E-state index in [1.54, 1.807) is 12.0 Å². The van der Waals surface area contributed by atoms with Crippen molar-refractivity contribution in [3.8, 4) is 5.75 Å². The van der Waals surface area contributed by atoms with E-state index in [4.69, 9.17) is 9.57 Å². The second-order valence-electron chi connectivity index (χ2n) is 8.12. The van der Waals surface area contributed by atoms with Crippen LogP contribution in [0.4, 0.5) is 0 Å². The monoisotopic (exact) mass is 435 g/mol. The topological polar surface area (TPSA) is 71.4 Å². The van der Waals surface area contributed by atoms with E-state index in [1.807, 2.05) is 59.5 Å². The van der Waals surface area contributed by atoms with E-state index in [0.29, 0.717) is 51.2 Å². The molecular weight excluding hydrogens is 406 g/mol. The van der Waals surface area contributed by atoms with Gasteiger partial charge in [-0.2, -0.15) is 0 Å². The van der Waals surface area contributed by atoms with E-state index in [-0.39, 0.29) is 17.9 Å². The summed E-state index contributed by atoms with van der Waals surface area (Å²) in [4.78, 5) is 34.9. The van der Waals surface area contributed by atoms with Gasteiger partial charge in [-0.1, -0.05) is 47.6 Å². The molecule has 1 saturated heterocycles. The summed E-state index contributed by atoms with van der Waals surface area (Å²) in [6, 6.07) is 17.6. The van der Waals surface area contributed by atoms with E-state index in [2.05, 4.69) is 5.16 Å². The molecule has 0 N–H and O–H groups in total. The van der Waals surface area contributed by atoms with Gasteiger partial charge in [0, 0.05) is 39.0 Å². The Bertz CT molecular complexity index is 959. The second-order valence-corrected chi connectivity index (χ2v) is 8.12. The second kappa shape index (κ2) is 10.3. The van der Waals surface area contributed by atoms with Gasteiger partial charge in [-0.3, -0.25) is 9.59 Å². The third-order valence-corrected chi connectivity index (χ3v) is 6.01. The lowest BCUT2D eigenvalue weighted by atomic mass is 10.0. The Morgan fingerprint density at radius 3 is 2.47 bits per heavy atom. The minimum absolute atomic E-state index is 0.0871. The fourth-order valence-electron chi connectivity index (χ4n) is 4.10. The number of benzene rings is 2. The molecule has 7 nitrogen and oxygen atoms in total. The number of hydrogen-bond donors (Lipinski definition) is 0. The molecule has 4 rings (SSSR count). The molecule has 168 valence electrons. The molecule has 2 aromatic rings. The maximum atomic E-state index is 13.0. The highest BCUT2D eigenvalue weighted by Gasteiger charge is 2.31. The van der Waals surface area contributed by atoms with Crippen LogP contribution in [-0.4, -0.2) is 60.6 Å². The fraction of sp³-hybridized carbons (Fsp3) is 0.400. The fourth-order valence-corrected chi connectivity index (χ4v) is 4.10. The first-order valence-corrected chi connectivity index (χ1v) is 11.1. The van der Waals surface area contributed by atoms with Crippen molar-refractivity contribution in [1.29, 1.82) is 0 Å². The van der Waals surface area contributed by atoms with Crippen LogP contribution in [0, 0.1) is 0 Å². The Morgan fingerprint density at radius 2 is 1.72 bits per heavy atom. The van der Waals surface area contributed by atoms with Crippen LogP contribution in [0.15, 0.2) is 59.8 Å². The highest BCUT2D eigenvalue weighted by Crippen LogP contribution is 2.27. The number of hydrogen-bond acceptors (Lipinski definition) is 5.